The van der Waals surface area contributed by atoms with E-state index in [1.165, 1.54) is 5.92 Å². The zero-order chi connectivity index (χ0) is 11.7. The Morgan fingerprint density at radius 3 is 1.13 bits per heavy atom. The largest absolute Gasteiger partial charge is 3.00 e. The predicted molar refractivity (Wildman–Crippen MR) is 67.7 cm³/mol. The predicted octanol–water partition coefficient (Wildman–Crippen LogP) is 4.96. The van der Waals surface area contributed by atoms with E-state index in [9.17, 15) is 0 Å². The van der Waals surface area contributed by atoms with Crippen LogP contribution in [0.5, 0.6) is 0 Å². The molecule has 0 aromatic heterocycles. The van der Waals surface area contributed by atoms with E-state index < -0.39 is 0 Å². The molecular formula is C14H29U. The summed E-state index contributed by atoms with van der Waals surface area (Å²) in [7, 11) is 0. The fourth-order valence-corrected chi connectivity index (χ4v) is 1.09. The fraction of sp³-hybridized carbons (Fsp3) is 0.786. The van der Waals surface area contributed by atoms with Crippen molar-refractivity contribution in [1.29, 1.82) is 0 Å². The van der Waals surface area contributed by atoms with Crippen LogP contribution < -0.4 is 0 Å². The molecule has 0 fully saturated rings. The van der Waals surface area contributed by atoms with Crippen LogP contribution in [0.3, 0.4) is 0 Å². The van der Waals surface area contributed by atoms with Crippen molar-refractivity contribution in [3.8, 4) is 0 Å². The zero-order valence-corrected chi connectivity index (χ0v) is 16.1. The Morgan fingerprint density at radius 1 is 0.800 bits per heavy atom. The van der Waals surface area contributed by atoms with Gasteiger partial charge in [0, 0.05) is 0 Å². The molecule has 0 N–H and O–H groups in total. The molecule has 89 valence electrons. The molecule has 0 bridgehead atoms. The smallest absolute Gasteiger partial charge is 0.329 e. The van der Waals surface area contributed by atoms with Gasteiger partial charge < -0.3 is 18.8 Å². The Bertz CT molecular complexity index is 97.2. The summed E-state index contributed by atoms with van der Waals surface area (Å²) in [4.78, 5) is 0. The Labute approximate surface area is 122 Å². The van der Waals surface area contributed by atoms with E-state index in [4.69, 9.17) is 0 Å². The monoisotopic (exact) mass is 435 g/mol. The summed E-state index contributed by atoms with van der Waals surface area (Å²) in [5, 5.41) is 0. The molecule has 15 heavy (non-hydrogen) atoms. The van der Waals surface area contributed by atoms with Crippen molar-refractivity contribution < 1.29 is 31.1 Å². The molecule has 2 unspecified atom stereocenters. The van der Waals surface area contributed by atoms with Crippen LogP contribution in [0.25, 0.3) is 0 Å². The van der Waals surface area contributed by atoms with Crippen molar-refractivity contribution in [2.24, 2.45) is 17.8 Å². The van der Waals surface area contributed by atoms with Gasteiger partial charge in [0.25, 0.3) is 0 Å². The van der Waals surface area contributed by atoms with Gasteiger partial charge in [0.15, 0.2) is 0 Å². The molecule has 0 aliphatic heterocycles. The molecule has 0 aliphatic carbocycles. The Hall–Kier alpha value is 1.05. The molecule has 1 heteroatoms. The van der Waals surface area contributed by atoms with Gasteiger partial charge in [-0.25, -0.2) is 0 Å². The zero-order valence-electron chi connectivity index (χ0n) is 11.9. The average Bonchev–Trinajstić information content (AvgIpc) is 2.13. The maximum Gasteiger partial charge on any atom is 3.00 e. The molecule has 0 saturated carbocycles. The molecule has 0 heterocycles. The first kappa shape index (κ1) is 21.3. The minimum Gasteiger partial charge on any atom is -0.329 e. The first-order valence-electron chi connectivity index (χ1n) is 5.72. The van der Waals surface area contributed by atoms with Crippen molar-refractivity contribution in [1.82, 2.24) is 0 Å². The third-order valence-corrected chi connectivity index (χ3v) is 2.71. The average molecular weight is 435 g/mol. The van der Waals surface area contributed by atoms with E-state index >= 15 is 0 Å². The summed E-state index contributed by atoms with van der Waals surface area (Å²) < 4.78 is 0. The maximum atomic E-state index is 2.31. The van der Waals surface area contributed by atoms with Crippen molar-refractivity contribution in [3.63, 3.8) is 0 Å². The van der Waals surface area contributed by atoms with E-state index in [-0.39, 0.29) is 31.1 Å². The van der Waals surface area contributed by atoms with Gasteiger partial charge >= 0.3 is 31.1 Å². The first-order chi connectivity index (χ1) is 6.36. The van der Waals surface area contributed by atoms with Crippen LogP contribution in [-0.4, -0.2) is 0 Å². The molecule has 0 aromatic carbocycles. The van der Waals surface area contributed by atoms with E-state index in [1.807, 2.05) is 0 Å². The summed E-state index contributed by atoms with van der Waals surface area (Å²) in [6.07, 6.45) is 4.56. The standard InChI is InChI=1S/C10H20.C4H9.U/c1-6-8(3)10(5)9(4)7-2;1-4(2)3;/h6-10H,1-5H3;1-3H3;/q-2;-1;+3. The minimum absolute atomic E-state index is 0. The second-order valence-corrected chi connectivity index (χ2v) is 4.74. The van der Waals surface area contributed by atoms with Crippen LogP contribution in [0, 0.1) is 67.6 Å². The normalized spacial score (nSPS) is 15.8. The Kier molecular flexibility index (Phi) is 18.7. The van der Waals surface area contributed by atoms with Gasteiger partial charge in [-0.05, 0) is 0 Å². The van der Waals surface area contributed by atoms with Gasteiger partial charge in [0.2, 0.25) is 0 Å². The Balaban J connectivity index is -0.000000249. The van der Waals surface area contributed by atoms with Gasteiger partial charge in [0.05, 0.1) is 0 Å². The molecule has 0 nitrogen and oxygen atoms in total. The summed E-state index contributed by atoms with van der Waals surface area (Å²) in [5.74, 6) is 3.69. The van der Waals surface area contributed by atoms with Crippen LogP contribution in [-0.2, 0) is 0 Å². The molecule has 2 atom stereocenters. The first-order valence-corrected chi connectivity index (χ1v) is 5.72. The van der Waals surface area contributed by atoms with Gasteiger partial charge in [-0.1, -0.05) is 26.7 Å². The summed E-state index contributed by atoms with van der Waals surface area (Å²) in [6.45, 7) is 17.4. The minimum atomic E-state index is 0. The van der Waals surface area contributed by atoms with Crippen LogP contribution in [0.4, 0.5) is 0 Å². The van der Waals surface area contributed by atoms with Gasteiger partial charge in [-0.2, -0.15) is 46.5 Å². The van der Waals surface area contributed by atoms with Crippen molar-refractivity contribution in [2.45, 2.75) is 55.4 Å². The summed E-state index contributed by atoms with van der Waals surface area (Å²) >= 11 is 0. The number of rotatable bonds is 4. The van der Waals surface area contributed by atoms with Crippen LogP contribution in [0.15, 0.2) is 0 Å². The molecule has 0 spiro atoms. The number of hydrogen-bond acceptors (Lipinski definition) is 0. The third-order valence-electron chi connectivity index (χ3n) is 2.71. The second kappa shape index (κ2) is 13.1. The van der Waals surface area contributed by atoms with Crippen molar-refractivity contribution in [2.75, 3.05) is 0 Å². The van der Waals surface area contributed by atoms with Gasteiger partial charge in [0.1, 0.15) is 0 Å². The van der Waals surface area contributed by atoms with E-state index in [2.05, 4.69) is 68.2 Å². The molecule has 1 radical (unpaired) electrons. The quantitative estimate of drug-likeness (QED) is 0.548. The molecule has 0 saturated heterocycles. The molecule has 0 amide bonds. The van der Waals surface area contributed by atoms with Crippen molar-refractivity contribution in [3.05, 3.63) is 18.8 Å². The molecule has 0 rings (SSSR count). The maximum absolute atomic E-state index is 2.31. The van der Waals surface area contributed by atoms with Gasteiger partial charge in [-0.3, -0.25) is 0 Å². The SMILES string of the molecule is C[C-](C)C.C[CH-]C(C)C(C)C(C)[CH-]C.[U+3]. The second-order valence-electron chi connectivity index (χ2n) is 4.74. The van der Waals surface area contributed by atoms with E-state index in [0.29, 0.717) is 0 Å². The van der Waals surface area contributed by atoms with E-state index in [0.717, 1.165) is 17.8 Å². The van der Waals surface area contributed by atoms with Crippen LogP contribution in [0.1, 0.15) is 55.4 Å². The van der Waals surface area contributed by atoms with E-state index in [1.54, 1.807) is 0 Å². The topological polar surface area (TPSA) is 0 Å². The summed E-state index contributed by atoms with van der Waals surface area (Å²) in [6, 6.07) is 0. The molecule has 0 aromatic rings. The van der Waals surface area contributed by atoms with Crippen LogP contribution in [0.2, 0.25) is 0 Å². The van der Waals surface area contributed by atoms with Crippen LogP contribution >= 0.6 is 0 Å². The summed E-state index contributed by atoms with van der Waals surface area (Å²) in [5.41, 5.74) is 0. The number of hydrogen-bond donors (Lipinski definition) is 0. The molecular weight excluding hydrogens is 406 g/mol. The Morgan fingerprint density at radius 2 is 1.00 bits per heavy atom. The van der Waals surface area contributed by atoms with Crippen molar-refractivity contribution >= 4 is 0 Å². The third kappa shape index (κ3) is 15.1. The fourth-order valence-electron chi connectivity index (χ4n) is 1.09. The van der Waals surface area contributed by atoms with Gasteiger partial charge in [-0.15, -0.1) is 0 Å². The molecule has 0 aliphatic rings.